The summed E-state index contributed by atoms with van der Waals surface area (Å²) in [6.45, 7) is 0. The number of anilines is 1. The van der Waals surface area contributed by atoms with E-state index in [4.69, 9.17) is 4.42 Å². The van der Waals surface area contributed by atoms with Gasteiger partial charge in [0.1, 0.15) is 0 Å². The average molecular weight is 238 g/mol. The van der Waals surface area contributed by atoms with Crippen LogP contribution < -0.4 is 5.32 Å². The normalized spacial score (nSPS) is 10.4. The summed E-state index contributed by atoms with van der Waals surface area (Å²) in [5.74, 6) is -0.105. The van der Waals surface area contributed by atoms with Crippen LogP contribution in [0.25, 0.3) is 10.8 Å². The van der Waals surface area contributed by atoms with E-state index in [1.54, 1.807) is 0 Å². The summed E-state index contributed by atoms with van der Waals surface area (Å²) >= 11 is 0. The summed E-state index contributed by atoms with van der Waals surface area (Å²) in [6, 6.07) is 13.6. The van der Waals surface area contributed by atoms with Gasteiger partial charge in [-0.05, 0) is 11.5 Å². The van der Waals surface area contributed by atoms with Crippen molar-refractivity contribution in [3.05, 3.63) is 60.8 Å². The van der Waals surface area contributed by atoms with Crippen molar-refractivity contribution >= 4 is 22.4 Å². The highest BCUT2D eigenvalue weighted by atomic mass is 16.3. The predicted octanol–water partition coefficient (Wildman–Crippen LogP) is 3.08. The molecule has 0 saturated heterocycles. The van der Waals surface area contributed by atoms with Crippen LogP contribution in [0.4, 0.5) is 5.69 Å². The third-order valence-electron chi connectivity index (χ3n) is 2.69. The Balaban J connectivity index is 1.98. The summed E-state index contributed by atoms with van der Waals surface area (Å²) in [7, 11) is 0. The number of nitrogens with one attached hydrogen (secondary N) is 1. The molecule has 1 aromatic heterocycles. The lowest BCUT2D eigenvalue weighted by atomic mass is 10.1. The van der Waals surface area contributed by atoms with Gasteiger partial charge in [-0.2, -0.15) is 0 Å². The third kappa shape index (κ3) is 1.84. The van der Waals surface area contributed by atoms with Gasteiger partial charge in [0, 0.05) is 11.1 Å². The van der Waals surface area contributed by atoms with Crippen LogP contribution in [-0.4, -0.2) is 10.9 Å². The number of carbonyl (C=O) groups is 1. The van der Waals surface area contributed by atoms with Gasteiger partial charge in [0.15, 0.2) is 6.39 Å². The molecule has 0 unspecified atom stereocenters. The highest BCUT2D eigenvalue weighted by Gasteiger charge is 2.10. The van der Waals surface area contributed by atoms with Crippen LogP contribution >= 0.6 is 0 Å². The predicted molar refractivity (Wildman–Crippen MR) is 68.4 cm³/mol. The zero-order valence-corrected chi connectivity index (χ0v) is 9.46. The van der Waals surface area contributed by atoms with Crippen molar-refractivity contribution in [2.24, 2.45) is 0 Å². The van der Waals surface area contributed by atoms with E-state index in [1.165, 1.54) is 12.6 Å². The number of carbonyl (C=O) groups excluding carboxylic acids is 1. The van der Waals surface area contributed by atoms with E-state index < -0.39 is 0 Å². The number of amides is 1. The molecule has 3 aromatic rings. The van der Waals surface area contributed by atoms with E-state index in [0.29, 0.717) is 0 Å². The third-order valence-corrected chi connectivity index (χ3v) is 2.69. The fraction of sp³-hybridized carbons (Fsp3) is 0. The van der Waals surface area contributed by atoms with Gasteiger partial charge >= 0.3 is 0 Å². The smallest absolute Gasteiger partial charge is 0.293 e. The van der Waals surface area contributed by atoms with Crippen LogP contribution in [0.2, 0.25) is 0 Å². The average Bonchev–Trinajstić information content (AvgIpc) is 2.93. The summed E-state index contributed by atoms with van der Waals surface area (Å²) in [6.07, 6.45) is 2.62. The Morgan fingerprint density at radius 2 is 1.94 bits per heavy atom. The van der Waals surface area contributed by atoms with E-state index in [1.807, 2.05) is 42.5 Å². The Morgan fingerprint density at radius 3 is 2.78 bits per heavy atom. The number of nitrogens with zero attached hydrogens (tertiary/aromatic N) is 1. The monoisotopic (exact) mass is 238 g/mol. The molecule has 0 aliphatic heterocycles. The molecule has 1 heterocycles. The Bertz CT molecular complexity index is 685. The van der Waals surface area contributed by atoms with Crippen molar-refractivity contribution in [3.63, 3.8) is 0 Å². The molecule has 0 aliphatic carbocycles. The molecule has 0 radical (unpaired) electrons. The summed E-state index contributed by atoms with van der Waals surface area (Å²) in [5.41, 5.74) is 0.759. The molecule has 0 bridgehead atoms. The largest absolute Gasteiger partial charge is 0.438 e. The van der Waals surface area contributed by atoms with Crippen LogP contribution in [-0.2, 0) is 0 Å². The van der Waals surface area contributed by atoms with Gasteiger partial charge < -0.3 is 9.73 Å². The molecular weight excluding hydrogens is 228 g/mol. The highest BCUT2D eigenvalue weighted by molar-refractivity contribution is 6.07. The van der Waals surface area contributed by atoms with Crippen molar-refractivity contribution in [1.29, 1.82) is 0 Å². The van der Waals surface area contributed by atoms with Crippen molar-refractivity contribution in [1.82, 2.24) is 4.98 Å². The second-order valence-electron chi connectivity index (χ2n) is 3.85. The van der Waals surface area contributed by atoms with Gasteiger partial charge in [-0.25, -0.2) is 4.98 Å². The first-order valence-electron chi connectivity index (χ1n) is 5.52. The van der Waals surface area contributed by atoms with Crippen molar-refractivity contribution < 1.29 is 9.21 Å². The van der Waals surface area contributed by atoms with Gasteiger partial charge in [0.25, 0.3) is 5.91 Å². The molecule has 0 saturated carbocycles. The minimum Gasteiger partial charge on any atom is -0.438 e. The Labute approximate surface area is 103 Å². The Hall–Kier alpha value is -2.62. The highest BCUT2D eigenvalue weighted by Crippen LogP contribution is 2.23. The van der Waals surface area contributed by atoms with E-state index in [9.17, 15) is 4.79 Å². The van der Waals surface area contributed by atoms with E-state index >= 15 is 0 Å². The number of aromatic nitrogens is 1. The molecule has 2 aromatic carbocycles. The number of rotatable bonds is 2. The van der Waals surface area contributed by atoms with E-state index in [-0.39, 0.29) is 11.7 Å². The van der Waals surface area contributed by atoms with Gasteiger partial charge in [-0.1, -0.05) is 36.4 Å². The lowest BCUT2D eigenvalue weighted by molar-refractivity contribution is 0.0997. The maximum atomic E-state index is 11.9. The second kappa shape index (κ2) is 4.33. The standard InChI is InChI=1S/C14H10N2O2/c17-14(13-8-15-9-18-13)16-12-7-3-5-10-4-1-2-6-11(10)12/h1-9H,(H,16,17). The number of benzene rings is 2. The number of hydrogen-bond donors (Lipinski definition) is 1. The summed E-state index contributed by atoms with van der Waals surface area (Å²) in [4.78, 5) is 15.6. The van der Waals surface area contributed by atoms with Gasteiger partial charge in [-0.3, -0.25) is 4.79 Å². The molecule has 0 fully saturated rings. The topological polar surface area (TPSA) is 55.1 Å². The van der Waals surface area contributed by atoms with Crippen LogP contribution in [0.15, 0.2) is 59.5 Å². The molecule has 1 N–H and O–H groups in total. The lowest BCUT2D eigenvalue weighted by Gasteiger charge is -2.06. The molecule has 0 atom stereocenters. The Morgan fingerprint density at radius 1 is 1.11 bits per heavy atom. The minimum absolute atomic E-state index is 0.197. The molecule has 4 heteroatoms. The molecular formula is C14H10N2O2. The van der Waals surface area contributed by atoms with Gasteiger partial charge in [-0.15, -0.1) is 0 Å². The van der Waals surface area contributed by atoms with Crippen LogP contribution in [0.5, 0.6) is 0 Å². The fourth-order valence-corrected chi connectivity index (χ4v) is 1.85. The first-order chi connectivity index (χ1) is 8.84. The van der Waals surface area contributed by atoms with E-state index in [2.05, 4.69) is 10.3 Å². The van der Waals surface area contributed by atoms with Crippen molar-refractivity contribution in [3.8, 4) is 0 Å². The zero-order valence-electron chi connectivity index (χ0n) is 9.46. The molecule has 4 nitrogen and oxygen atoms in total. The molecule has 0 spiro atoms. The molecule has 1 amide bonds. The summed E-state index contributed by atoms with van der Waals surface area (Å²) in [5, 5.41) is 4.88. The number of fused-ring (bicyclic) bond motifs is 1. The van der Waals surface area contributed by atoms with E-state index in [0.717, 1.165) is 16.5 Å². The van der Waals surface area contributed by atoms with Crippen LogP contribution in [0, 0.1) is 0 Å². The van der Waals surface area contributed by atoms with Crippen molar-refractivity contribution in [2.45, 2.75) is 0 Å². The Kier molecular flexibility index (Phi) is 2.53. The minimum atomic E-state index is -0.302. The van der Waals surface area contributed by atoms with Gasteiger partial charge in [0.2, 0.25) is 5.76 Å². The van der Waals surface area contributed by atoms with Crippen LogP contribution in [0.1, 0.15) is 10.6 Å². The lowest BCUT2D eigenvalue weighted by Crippen LogP contribution is -2.11. The number of hydrogen-bond acceptors (Lipinski definition) is 3. The quantitative estimate of drug-likeness (QED) is 0.746. The molecule has 0 aliphatic rings. The molecule has 88 valence electrons. The maximum absolute atomic E-state index is 11.9. The SMILES string of the molecule is O=C(Nc1cccc2ccccc12)c1cnco1. The van der Waals surface area contributed by atoms with Crippen LogP contribution in [0.3, 0.4) is 0 Å². The first-order valence-corrected chi connectivity index (χ1v) is 5.52. The maximum Gasteiger partial charge on any atom is 0.293 e. The van der Waals surface area contributed by atoms with Gasteiger partial charge in [0.05, 0.1) is 6.20 Å². The molecule has 3 rings (SSSR count). The molecule has 18 heavy (non-hydrogen) atoms. The summed E-state index contributed by atoms with van der Waals surface area (Å²) < 4.78 is 4.96. The fourth-order valence-electron chi connectivity index (χ4n) is 1.85. The first kappa shape index (κ1) is 10.5. The number of oxazole rings is 1. The zero-order chi connectivity index (χ0) is 12.4. The second-order valence-corrected chi connectivity index (χ2v) is 3.85. The van der Waals surface area contributed by atoms with Crippen molar-refractivity contribution in [2.75, 3.05) is 5.32 Å².